The standard InChI is InChI=1S/C26H23F3N2O3S/c1-2-35(33,34)23-9-6-17(7-10-23)13-22-15-20-14-19(25(30)32)8-11-24(20)31(22)16-18-4-3-5-21(12-18)26(27,28)29/h3-12,14-15H,2,13,16H2,1H3,(H2,30,32). The summed E-state index contributed by atoms with van der Waals surface area (Å²) in [7, 11) is -3.33. The number of amides is 1. The van der Waals surface area contributed by atoms with Crippen LogP contribution in [0.2, 0.25) is 0 Å². The molecule has 0 radical (unpaired) electrons. The fourth-order valence-electron chi connectivity index (χ4n) is 4.03. The third kappa shape index (κ3) is 5.24. The summed E-state index contributed by atoms with van der Waals surface area (Å²) in [4.78, 5) is 11.9. The molecular weight excluding hydrogens is 477 g/mol. The number of rotatable bonds is 7. The number of sulfone groups is 1. The summed E-state index contributed by atoms with van der Waals surface area (Å²) in [5.74, 6) is -0.577. The van der Waals surface area contributed by atoms with Crippen LogP contribution in [0, 0.1) is 0 Å². The van der Waals surface area contributed by atoms with Crippen LogP contribution in [0.3, 0.4) is 0 Å². The van der Waals surface area contributed by atoms with Crippen molar-refractivity contribution >= 4 is 26.6 Å². The minimum absolute atomic E-state index is 0.000226. The molecule has 5 nitrogen and oxygen atoms in total. The van der Waals surface area contributed by atoms with E-state index in [0.29, 0.717) is 17.5 Å². The monoisotopic (exact) mass is 500 g/mol. The zero-order valence-electron chi connectivity index (χ0n) is 18.8. The van der Waals surface area contributed by atoms with E-state index in [1.54, 1.807) is 55.5 Å². The molecule has 1 amide bonds. The van der Waals surface area contributed by atoms with Crippen LogP contribution in [0.4, 0.5) is 13.2 Å². The number of hydrogen-bond acceptors (Lipinski definition) is 3. The van der Waals surface area contributed by atoms with Gasteiger partial charge in [-0.05, 0) is 59.7 Å². The van der Waals surface area contributed by atoms with Gasteiger partial charge in [-0.1, -0.05) is 31.2 Å². The maximum Gasteiger partial charge on any atom is 0.416 e. The smallest absolute Gasteiger partial charge is 0.366 e. The van der Waals surface area contributed by atoms with Crippen LogP contribution in [-0.2, 0) is 29.0 Å². The molecule has 35 heavy (non-hydrogen) atoms. The summed E-state index contributed by atoms with van der Waals surface area (Å²) in [5.41, 5.74) is 7.87. The molecular formula is C26H23F3N2O3S. The highest BCUT2D eigenvalue weighted by Gasteiger charge is 2.30. The average Bonchev–Trinajstić information content (AvgIpc) is 3.15. The van der Waals surface area contributed by atoms with Crippen molar-refractivity contribution in [2.45, 2.75) is 31.0 Å². The highest BCUT2D eigenvalue weighted by Crippen LogP contribution is 2.31. The molecule has 9 heteroatoms. The van der Waals surface area contributed by atoms with Gasteiger partial charge in [0.15, 0.2) is 9.84 Å². The molecule has 0 aliphatic carbocycles. The van der Waals surface area contributed by atoms with Crippen molar-refractivity contribution in [1.29, 1.82) is 0 Å². The third-order valence-electron chi connectivity index (χ3n) is 5.91. The first kappa shape index (κ1) is 24.5. The maximum absolute atomic E-state index is 13.2. The molecule has 0 aliphatic heterocycles. The molecule has 0 aliphatic rings. The Morgan fingerprint density at radius 2 is 1.66 bits per heavy atom. The number of carbonyl (C=O) groups excluding carboxylic acids is 1. The van der Waals surface area contributed by atoms with Crippen molar-refractivity contribution < 1.29 is 26.4 Å². The van der Waals surface area contributed by atoms with Crippen LogP contribution in [-0.4, -0.2) is 24.6 Å². The van der Waals surface area contributed by atoms with Crippen molar-refractivity contribution in [3.8, 4) is 0 Å². The van der Waals surface area contributed by atoms with Crippen molar-refractivity contribution in [1.82, 2.24) is 4.57 Å². The summed E-state index contributed by atoms with van der Waals surface area (Å²) < 4.78 is 65.8. The Balaban J connectivity index is 1.76. The first-order valence-electron chi connectivity index (χ1n) is 10.9. The van der Waals surface area contributed by atoms with Gasteiger partial charge in [-0.25, -0.2) is 8.42 Å². The van der Waals surface area contributed by atoms with E-state index in [0.717, 1.165) is 34.3 Å². The van der Waals surface area contributed by atoms with Gasteiger partial charge >= 0.3 is 6.18 Å². The summed E-state index contributed by atoms with van der Waals surface area (Å²) in [6.45, 7) is 1.76. The molecule has 1 heterocycles. The van der Waals surface area contributed by atoms with Crippen LogP contribution in [0.5, 0.6) is 0 Å². The minimum Gasteiger partial charge on any atom is -0.366 e. The Morgan fingerprint density at radius 3 is 2.29 bits per heavy atom. The van der Waals surface area contributed by atoms with E-state index in [1.165, 1.54) is 6.07 Å². The highest BCUT2D eigenvalue weighted by atomic mass is 32.2. The van der Waals surface area contributed by atoms with Gasteiger partial charge in [0, 0.05) is 35.1 Å². The second-order valence-electron chi connectivity index (χ2n) is 8.28. The molecule has 0 saturated heterocycles. The lowest BCUT2D eigenvalue weighted by molar-refractivity contribution is -0.137. The van der Waals surface area contributed by atoms with Crippen LogP contribution in [0.1, 0.15) is 39.7 Å². The number of fused-ring (bicyclic) bond motifs is 1. The van der Waals surface area contributed by atoms with E-state index >= 15 is 0 Å². The average molecular weight is 501 g/mol. The van der Waals surface area contributed by atoms with E-state index < -0.39 is 27.5 Å². The lowest BCUT2D eigenvalue weighted by Crippen LogP contribution is -2.10. The second kappa shape index (κ2) is 9.22. The molecule has 182 valence electrons. The number of primary amides is 1. The molecule has 2 N–H and O–H groups in total. The number of aromatic nitrogens is 1. The van der Waals surface area contributed by atoms with Crippen LogP contribution in [0.25, 0.3) is 10.9 Å². The lowest BCUT2D eigenvalue weighted by Gasteiger charge is -2.14. The van der Waals surface area contributed by atoms with E-state index in [2.05, 4.69) is 0 Å². The second-order valence-corrected chi connectivity index (χ2v) is 10.6. The predicted octanol–water partition coefficient (Wildman–Crippen LogP) is 5.19. The summed E-state index contributed by atoms with van der Waals surface area (Å²) in [6.07, 6.45) is -4.04. The number of nitrogens with two attached hydrogens (primary N) is 1. The van der Waals surface area contributed by atoms with Crippen molar-refractivity contribution in [2.24, 2.45) is 5.73 Å². The zero-order chi connectivity index (χ0) is 25.4. The topological polar surface area (TPSA) is 82.2 Å². The Morgan fingerprint density at radius 1 is 0.943 bits per heavy atom. The maximum atomic E-state index is 13.2. The van der Waals surface area contributed by atoms with Gasteiger partial charge in [0.2, 0.25) is 5.91 Å². The van der Waals surface area contributed by atoms with E-state index in [1.807, 2.05) is 10.6 Å². The largest absolute Gasteiger partial charge is 0.416 e. The normalized spacial score (nSPS) is 12.2. The first-order chi connectivity index (χ1) is 16.5. The van der Waals surface area contributed by atoms with Crippen molar-refractivity contribution in [3.05, 3.63) is 101 Å². The zero-order valence-corrected chi connectivity index (χ0v) is 19.7. The first-order valence-corrected chi connectivity index (χ1v) is 12.5. The van der Waals surface area contributed by atoms with Gasteiger partial charge in [-0.3, -0.25) is 4.79 Å². The molecule has 4 aromatic rings. The number of carbonyl (C=O) groups is 1. The Hall–Kier alpha value is -3.59. The van der Waals surface area contributed by atoms with Gasteiger partial charge in [0.1, 0.15) is 0 Å². The van der Waals surface area contributed by atoms with E-state index in [9.17, 15) is 26.4 Å². The SMILES string of the molecule is CCS(=O)(=O)c1ccc(Cc2cc3cc(C(N)=O)ccc3n2Cc2cccc(C(F)(F)F)c2)cc1. The van der Waals surface area contributed by atoms with Gasteiger partial charge in [-0.2, -0.15) is 13.2 Å². The Bertz CT molecular complexity index is 1510. The third-order valence-corrected chi connectivity index (χ3v) is 7.66. The molecule has 0 spiro atoms. The molecule has 4 rings (SSSR count). The van der Waals surface area contributed by atoms with E-state index in [-0.39, 0.29) is 17.2 Å². The van der Waals surface area contributed by atoms with Crippen molar-refractivity contribution in [3.63, 3.8) is 0 Å². The fraction of sp³-hybridized carbons (Fsp3) is 0.192. The molecule has 0 atom stereocenters. The minimum atomic E-state index is -4.45. The molecule has 0 fully saturated rings. The molecule has 0 saturated carbocycles. The number of benzene rings is 3. The molecule has 3 aromatic carbocycles. The predicted molar refractivity (Wildman–Crippen MR) is 128 cm³/mol. The number of halogens is 3. The Labute approximate surface area is 200 Å². The lowest BCUT2D eigenvalue weighted by atomic mass is 10.1. The highest BCUT2D eigenvalue weighted by molar-refractivity contribution is 7.91. The molecule has 0 bridgehead atoms. The summed E-state index contributed by atoms with van der Waals surface area (Å²) >= 11 is 0. The van der Waals surface area contributed by atoms with Gasteiger partial charge in [0.05, 0.1) is 16.2 Å². The van der Waals surface area contributed by atoms with Crippen LogP contribution < -0.4 is 5.73 Å². The van der Waals surface area contributed by atoms with Gasteiger partial charge in [-0.15, -0.1) is 0 Å². The number of alkyl halides is 3. The van der Waals surface area contributed by atoms with Crippen LogP contribution >= 0.6 is 0 Å². The summed E-state index contributed by atoms with van der Waals surface area (Å²) in [6, 6.07) is 18.6. The van der Waals surface area contributed by atoms with E-state index in [4.69, 9.17) is 5.73 Å². The number of hydrogen-bond donors (Lipinski definition) is 1. The molecule has 1 aromatic heterocycles. The van der Waals surface area contributed by atoms with Crippen LogP contribution in [0.15, 0.2) is 77.7 Å². The summed E-state index contributed by atoms with van der Waals surface area (Å²) in [5, 5.41) is 0.730. The van der Waals surface area contributed by atoms with Gasteiger partial charge in [0.25, 0.3) is 0 Å². The molecule has 0 unspecified atom stereocenters. The quantitative estimate of drug-likeness (QED) is 0.379. The van der Waals surface area contributed by atoms with Gasteiger partial charge < -0.3 is 10.3 Å². The fourth-order valence-corrected chi connectivity index (χ4v) is 4.92. The Kier molecular flexibility index (Phi) is 6.46. The number of nitrogens with zero attached hydrogens (tertiary/aromatic N) is 1. The van der Waals surface area contributed by atoms with Crippen molar-refractivity contribution in [2.75, 3.05) is 5.75 Å².